The molecule has 2 N–H and O–H groups in total. The summed E-state index contributed by atoms with van der Waals surface area (Å²) in [5, 5.41) is 0. The van der Waals surface area contributed by atoms with Crippen LogP contribution in [0.1, 0.15) is 16.7 Å². The van der Waals surface area contributed by atoms with Crippen LogP contribution in [0, 0.1) is 6.92 Å². The molecule has 2 aliphatic heterocycles. The summed E-state index contributed by atoms with van der Waals surface area (Å²) in [5.74, 6) is 3.89. The Labute approximate surface area is 189 Å². The first-order valence-electron chi connectivity index (χ1n) is 11.2. The molecule has 0 spiro atoms. The number of fused-ring (bicyclic) bond motifs is 1. The Bertz CT molecular complexity index is 1110. The van der Waals surface area contributed by atoms with Crippen molar-refractivity contribution < 1.29 is 4.74 Å². The van der Waals surface area contributed by atoms with Crippen molar-refractivity contribution in [3.8, 4) is 11.5 Å². The van der Waals surface area contributed by atoms with Crippen molar-refractivity contribution in [1.29, 1.82) is 0 Å². The number of nitrogen functional groups attached to an aromatic ring is 1. The molecule has 0 bridgehead atoms. The summed E-state index contributed by atoms with van der Waals surface area (Å²) in [6.07, 6.45) is 0.966. The van der Waals surface area contributed by atoms with Crippen LogP contribution >= 0.6 is 0 Å². The van der Waals surface area contributed by atoms with E-state index in [-0.39, 0.29) is 0 Å². The fourth-order valence-corrected chi connectivity index (χ4v) is 4.39. The van der Waals surface area contributed by atoms with E-state index in [4.69, 9.17) is 10.5 Å². The van der Waals surface area contributed by atoms with Gasteiger partial charge in [0.25, 0.3) is 0 Å². The van der Waals surface area contributed by atoms with Crippen LogP contribution in [0.3, 0.4) is 0 Å². The first kappa shape index (κ1) is 20.6. The van der Waals surface area contributed by atoms with E-state index in [0.29, 0.717) is 5.95 Å². The highest BCUT2D eigenvalue weighted by Crippen LogP contribution is 2.31. The molecule has 3 heterocycles. The summed E-state index contributed by atoms with van der Waals surface area (Å²) >= 11 is 0. The molecule has 7 nitrogen and oxygen atoms in total. The van der Waals surface area contributed by atoms with Crippen LogP contribution in [0.5, 0.6) is 11.5 Å². The number of likely N-dealkylation sites (N-methyl/N-ethyl adjacent to an activating group) is 1. The van der Waals surface area contributed by atoms with Crippen LogP contribution < -0.4 is 20.3 Å². The Morgan fingerprint density at radius 3 is 2.38 bits per heavy atom. The van der Waals surface area contributed by atoms with E-state index < -0.39 is 0 Å². The summed E-state index contributed by atoms with van der Waals surface area (Å²) in [6, 6.07) is 16.6. The van der Waals surface area contributed by atoms with E-state index >= 15 is 0 Å². The van der Waals surface area contributed by atoms with Gasteiger partial charge in [-0.25, -0.2) is 0 Å². The van der Waals surface area contributed by atoms with Gasteiger partial charge in [-0.3, -0.25) is 0 Å². The highest BCUT2D eigenvalue weighted by atomic mass is 16.5. The predicted molar refractivity (Wildman–Crippen MR) is 129 cm³/mol. The SMILES string of the molecule is Cc1ccccc1Oc1ccc2c(c1)CN(c1cc(N3CCN(C)CC3)nc(N)n1)CC2. The molecule has 2 aliphatic rings. The van der Waals surface area contributed by atoms with Crippen molar-refractivity contribution in [3.05, 3.63) is 65.2 Å². The normalized spacial score (nSPS) is 16.7. The molecule has 2 aromatic carbocycles. The van der Waals surface area contributed by atoms with Crippen LogP contribution in [0.4, 0.5) is 17.6 Å². The lowest BCUT2D eigenvalue weighted by atomic mass is 9.99. The predicted octanol–water partition coefficient (Wildman–Crippen LogP) is 3.47. The van der Waals surface area contributed by atoms with E-state index in [2.05, 4.69) is 69.0 Å². The molecule has 0 saturated carbocycles. The molecule has 32 heavy (non-hydrogen) atoms. The number of aryl methyl sites for hydroxylation is 1. The van der Waals surface area contributed by atoms with Crippen LogP contribution in [-0.2, 0) is 13.0 Å². The molecule has 1 fully saturated rings. The number of anilines is 3. The van der Waals surface area contributed by atoms with Gasteiger partial charge in [0.1, 0.15) is 23.1 Å². The van der Waals surface area contributed by atoms with E-state index in [1.807, 2.05) is 18.2 Å². The minimum Gasteiger partial charge on any atom is -0.457 e. The van der Waals surface area contributed by atoms with Crippen molar-refractivity contribution >= 4 is 17.6 Å². The highest BCUT2D eigenvalue weighted by molar-refractivity contribution is 5.56. The molecule has 7 heteroatoms. The fourth-order valence-electron chi connectivity index (χ4n) is 4.39. The Morgan fingerprint density at radius 2 is 1.59 bits per heavy atom. The van der Waals surface area contributed by atoms with Gasteiger partial charge < -0.3 is 25.2 Å². The van der Waals surface area contributed by atoms with Crippen LogP contribution in [0.15, 0.2) is 48.5 Å². The van der Waals surface area contributed by atoms with Crippen molar-refractivity contribution in [3.63, 3.8) is 0 Å². The lowest BCUT2D eigenvalue weighted by Crippen LogP contribution is -2.45. The average molecular weight is 431 g/mol. The van der Waals surface area contributed by atoms with Gasteiger partial charge in [-0.1, -0.05) is 24.3 Å². The van der Waals surface area contributed by atoms with E-state index in [0.717, 1.165) is 74.4 Å². The zero-order valence-corrected chi connectivity index (χ0v) is 18.8. The lowest BCUT2D eigenvalue weighted by Gasteiger charge is -2.34. The Hall–Kier alpha value is -3.32. The van der Waals surface area contributed by atoms with Gasteiger partial charge in [0.05, 0.1) is 0 Å². The maximum atomic E-state index is 6.17. The van der Waals surface area contributed by atoms with Crippen molar-refractivity contribution in [1.82, 2.24) is 14.9 Å². The van der Waals surface area contributed by atoms with Crippen LogP contribution in [0.2, 0.25) is 0 Å². The van der Waals surface area contributed by atoms with Crippen molar-refractivity contribution in [2.24, 2.45) is 0 Å². The topological polar surface area (TPSA) is 70.8 Å². The maximum Gasteiger partial charge on any atom is 0.223 e. The maximum absolute atomic E-state index is 6.17. The number of ether oxygens (including phenoxy) is 1. The largest absolute Gasteiger partial charge is 0.457 e. The molecular formula is C25H30N6O. The fraction of sp³-hybridized carbons (Fsp3) is 0.360. The molecular weight excluding hydrogens is 400 g/mol. The Morgan fingerprint density at radius 1 is 0.844 bits per heavy atom. The van der Waals surface area contributed by atoms with Crippen molar-refractivity contribution in [2.75, 3.05) is 55.3 Å². The van der Waals surface area contributed by atoms with Gasteiger partial charge in [0.2, 0.25) is 5.95 Å². The lowest BCUT2D eigenvalue weighted by molar-refractivity contribution is 0.312. The van der Waals surface area contributed by atoms with Gasteiger partial charge in [0.15, 0.2) is 0 Å². The highest BCUT2D eigenvalue weighted by Gasteiger charge is 2.22. The number of nitrogens with zero attached hydrogens (tertiary/aromatic N) is 5. The van der Waals surface area contributed by atoms with Gasteiger partial charge in [-0.05, 0) is 55.3 Å². The van der Waals surface area contributed by atoms with Crippen molar-refractivity contribution in [2.45, 2.75) is 19.9 Å². The summed E-state index contributed by atoms with van der Waals surface area (Å²) in [6.45, 7) is 7.71. The molecule has 0 unspecified atom stereocenters. The molecule has 1 aromatic heterocycles. The van der Waals surface area contributed by atoms with E-state index in [1.54, 1.807) is 0 Å². The first-order chi connectivity index (χ1) is 15.5. The molecule has 0 atom stereocenters. The minimum absolute atomic E-state index is 0.332. The summed E-state index contributed by atoms with van der Waals surface area (Å²) in [7, 11) is 2.15. The second kappa shape index (κ2) is 8.67. The van der Waals surface area contributed by atoms with Gasteiger partial charge in [0, 0.05) is 45.3 Å². The molecule has 0 amide bonds. The summed E-state index contributed by atoms with van der Waals surface area (Å²) in [4.78, 5) is 16.0. The first-order valence-corrected chi connectivity index (χ1v) is 11.2. The second-order valence-electron chi connectivity index (χ2n) is 8.70. The molecule has 5 rings (SSSR count). The van der Waals surface area contributed by atoms with E-state index in [1.165, 1.54) is 11.1 Å². The quantitative estimate of drug-likeness (QED) is 0.679. The summed E-state index contributed by atoms with van der Waals surface area (Å²) in [5.41, 5.74) is 9.86. The number of para-hydroxylation sites is 1. The Kier molecular flexibility index (Phi) is 5.57. The number of piperazine rings is 1. The van der Waals surface area contributed by atoms with Crippen LogP contribution in [-0.4, -0.2) is 54.6 Å². The van der Waals surface area contributed by atoms with Crippen LogP contribution in [0.25, 0.3) is 0 Å². The van der Waals surface area contributed by atoms with Gasteiger partial charge in [-0.15, -0.1) is 0 Å². The third-order valence-electron chi connectivity index (χ3n) is 6.38. The average Bonchev–Trinajstić information content (AvgIpc) is 2.80. The third kappa shape index (κ3) is 4.34. The number of benzene rings is 2. The number of aromatic nitrogens is 2. The number of nitrogens with two attached hydrogens (primary N) is 1. The third-order valence-corrected chi connectivity index (χ3v) is 6.38. The summed E-state index contributed by atoms with van der Waals surface area (Å²) < 4.78 is 6.17. The van der Waals surface area contributed by atoms with E-state index in [9.17, 15) is 0 Å². The monoisotopic (exact) mass is 430 g/mol. The molecule has 3 aromatic rings. The standard InChI is InChI=1S/C25H30N6O/c1-18-5-3-4-6-22(18)32-21-8-7-19-9-10-31(17-20(19)15-21)24-16-23(27-25(26)28-24)30-13-11-29(2)12-14-30/h3-8,15-16H,9-14,17H2,1-2H3,(H2,26,27,28). The molecule has 0 radical (unpaired) electrons. The Balaban J connectivity index is 1.36. The minimum atomic E-state index is 0.332. The van der Waals surface area contributed by atoms with Gasteiger partial charge in [-0.2, -0.15) is 9.97 Å². The number of hydrogen-bond donors (Lipinski definition) is 1. The zero-order chi connectivity index (χ0) is 22.1. The molecule has 1 saturated heterocycles. The number of rotatable bonds is 4. The molecule has 166 valence electrons. The smallest absolute Gasteiger partial charge is 0.223 e. The second-order valence-corrected chi connectivity index (χ2v) is 8.70. The zero-order valence-electron chi connectivity index (χ0n) is 18.8. The molecule has 0 aliphatic carbocycles. The van der Waals surface area contributed by atoms with Gasteiger partial charge >= 0.3 is 0 Å². The number of hydrogen-bond acceptors (Lipinski definition) is 7.